The van der Waals surface area contributed by atoms with Gasteiger partial charge in [-0.15, -0.1) is 11.3 Å². The number of thiazole rings is 1. The lowest BCUT2D eigenvalue weighted by atomic mass is 9.81. The Kier molecular flexibility index (Phi) is 11.1. The Morgan fingerprint density at radius 1 is 1.02 bits per heavy atom. The Balaban J connectivity index is 0.830. The van der Waals surface area contributed by atoms with E-state index in [0.29, 0.717) is 41.1 Å². The maximum Gasteiger partial charge on any atom is 0.274 e. The Labute approximate surface area is 337 Å². The van der Waals surface area contributed by atoms with Gasteiger partial charge >= 0.3 is 0 Å². The molecule has 3 aliphatic heterocycles. The van der Waals surface area contributed by atoms with Gasteiger partial charge in [0.05, 0.1) is 37.8 Å². The highest BCUT2D eigenvalue weighted by atomic mass is 32.1. The summed E-state index contributed by atoms with van der Waals surface area (Å²) in [6, 6.07) is 14.2. The first-order chi connectivity index (χ1) is 27.4. The monoisotopic (exact) mass is 789 g/mol. The van der Waals surface area contributed by atoms with Gasteiger partial charge in [0.15, 0.2) is 0 Å². The number of piperidine rings is 2. The van der Waals surface area contributed by atoms with Crippen LogP contribution in [0.25, 0.3) is 10.2 Å². The lowest BCUT2D eigenvalue weighted by molar-refractivity contribution is -0.134. The number of para-hydroxylation sites is 1. The van der Waals surface area contributed by atoms with Crippen molar-refractivity contribution in [3.05, 3.63) is 76.6 Å². The van der Waals surface area contributed by atoms with Crippen molar-refractivity contribution >= 4 is 56.3 Å². The lowest BCUT2D eigenvalue weighted by Gasteiger charge is -2.36. The zero-order valence-electron chi connectivity index (χ0n) is 32.8. The van der Waals surface area contributed by atoms with Gasteiger partial charge in [0.1, 0.15) is 11.7 Å². The van der Waals surface area contributed by atoms with Crippen LogP contribution in [0, 0.1) is 23.7 Å². The highest BCUT2D eigenvalue weighted by molar-refractivity contribution is 7.18. The molecule has 3 fully saturated rings. The van der Waals surface area contributed by atoms with Gasteiger partial charge in [0.2, 0.25) is 18.2 Å². The van der Waals surface area contributed by atoms with E-state index in [1.807, 2.05) is 37.4 Å². The number of anilines is 3. The first-order valence-electron chi connectivity index (χ1n) is 20.2. The normalized spacial score (nSPS) is 23.2. The number of amides is 3. The van der Waals surface area contributed by atoms with Crippen LogP contribution in [-0.4, -0.2) is 81.9 Å². The largest absolute Gasteiger partial charge is 0.386 e. The summed E-state index contributed by atoms with van der Waals surface area (Å²) < 4.78 is 0.999. The molecule has 3 amide bonds. The molecule has 0 spiro atoms. The van der Waals surface area contributed by atoms with E-state index in [0.717, 1.165) is 83.9 Å². The van der Waals surface area contributed by atoms with Gasteiger partial charge in [-0.25, -0.2) is 4.98 Å². The molecule has 2 unspecified atom stereocenters. The van der Waals surface area contributed by atoms with Crippen molar-refractivity contribution < 1.29 is 24.6 Å². The van der Waals surface area contributed by atoms with Crippen LogP contribution in [0.15, 0.2) is 54.7 Å². The number of benzene rings is 2. The van der Waals surface area contributed by atoms with Crippen molar-refractivity contribution in [2.75, 3.05) is 41.8 Å². The lowest BCUT2D eigenvalue weighted by Crippen LogP contribution is -2.56. The number of rotatable bonds is 8. The van der Waals surface area contributed by atoms with Crippen molar-refractivity contribution in [2.24, 2.45) is 11.8 Å². The van der Waals surface area contributed by atoms with Crippen LogP contribution in [0.1, 0.15) is 104 Å². The van der Waals surface area contributed by atoms with Crippen LogP contribution >= 0.6 is 11.3 Å². The van der Waals surface area contributed by atoms with Crippen molar-refractivity contribution in [1.82, 2.24) is 20.2 Å². The van der Waals surface area contributed by atoms with Gasteiger partial charge in [-0.1, -0.05) is 24.0 Å². The number of imide groups is 1. The van der Waals surface area contributed by atoms with Crippen LogP contribution in [0.3, 0.4) is 0 Å². The van der Waals surface area contributed by atoms with E-state index in [4.69, 9.17) is 4.98 Å². The van der Waals surface area contributed by atoms with Crippen LogP contribution in [0.4, 0.5) is 17.1 Å². The molecule has 5 heterocycles. The van der Waals surface area contributed by atoms with Crippen molar-refractivity contribution in [3.8, 4) is 11.8 Å². The van der Waals surface area contributed by atoms with Crippen LogP contribution in [0.5, 0.6) is 0 Å². The van der Waals surface area contributed by atoms with Crippen molar-refractivity contribution in [3.63, 3.8) is 0 Å². The molecule has 1 saturated carbocycles. The molecule has 4 aliphatic rings. The number of hydrogen-bond acceptors (Lipinski definition) is 11. The number of aromatic nitrogens is 2. The second kappa shape index (κ2) is 16.2. The first-order valence-corrected chi connectivity index (χ1v) is 21.0. The van der Waals surface area contributed by atoms with E-state index in [9.17, 15) is 24.6 Å². The van der Waals surface area contributed by atoms with E-state index in [2.05, 4.69) is 32.4 Å². The molecule has 0 radical (unpaired) electrons. The molecule has 298 valence electrons. The van der Waals surface area contributed by atoms with E-state index in [-0.39, 0.29) is 24.1 Å². The summed E-state index contributed by atoms with van der Waals surface area (Å²) in [5, 5.41) is 28.6. The Morgan fingerprint density at radius 3 is 2.53 bits per heavy atom. The Hall–Kier alpha value is -4.87. The second-order valence-electron chi connectivity index (χ2n) is 16.6. The number of aliphatic hydroxyl groups is 2. The smallest absolute Gasteiger partial charge is 0.274 e. The second-order valence-corrected chi connectivity index (χ2v) is 17.7. The fraction of sp³-hybridized carbons (Fsp3) is 0.477. The molecule has 4 aromatic rings. The summed E-state index contributed by atoms with van der Waals surface area (Å²) in [6.07, 6.45) is 8.84. The summed E-state index contributed by atoms with van der Waals surface area (Å²) in [5.74, 6) is 7.49. The maximum atomic E-state index is 13.0. The minimum atomic E-state index is -1.17. The van der Waals surface area contributed by atoms with Crippen molar-refractivity contribution in [2.45, 2.75) is 95.5 Å². The average molecular weight is 790 g/mol. The van der Waals surface area contributed by atoms with Gasteiger partial charge < -0.3 is 30.2 Å². The third-order valence-corrected chi connectivity index (χ3v) is 13.3. The van der Waals surface area contributed by atoms with Gasteiger partial charge in [-0.3, -0.25) is 24.7 Å². The SMILES string of the molecule is CN1c2c(C#CCC3CCN(C[C@H]4CC[C@H](c5nc6cc(C(C)(C)O)c(NC(=O)c7ccccn7)cc6s5)CC4)CC3)cccc2N(C2CCC(=O)NC2=O)C1O. The third-order valence-electron chi connectivity index (χ3n) is 12.2. The van der Waals surface area contributed by atoms with Crippen molar-refractivity contribution in [1.29, 1.82) is 0 Å². The molecule has 2 saturated heterocycles. The Morgan fingerprint density at radius 2 is 1.81 bits per heavy atom. The minimum absolute atomic E-state index is 0.247. The summed E-state index contributed by atoms with van der Waals surface area (Å²) in [7, 11) is 1.81. The molecule has 0 bridgehead atoms. The maximum absolute atomic E-state index is 13.0. The van der Waals surface area contributed by atoms with E-state index < -0.39 is 18.0 Å². The standard InChI is InChI=1S/C44H51N7O5S/c1-44(2,56)31-24-34-37(25-33(31)46-40(53)32-11-4-5-21-45-32)57-42(47-34)30-15-13-28(14-16-30)26-50-22-19-27(20-23-50)8-6-9-29-10-7-12-35-39(29)49(3)43(55)51(35)36-17-18-38(52)48-41(36)54/h4-5,7,10-12,21,24-25,27-28,30,36,43,55-56H,8,13-20,22-23,26H2,1-3H3,(H,46,53)(H,48,52,54)/t28-,30-,36?,43?. The summed E-state index contributed by atoms with van der Waals surface area (Å²) in [5.41, 5.74) is 3.61. The fourth-order valence-corrected chi connectivity index (χ4v) is 10.2. The summed E-state index contributed by atoms with van der Waals surface area (Å²) in [4.78, 5) is 52.7. The molecule has 2 aromatic heterocycles. The van der Waals surface area contributed by atoms with E-state index >= 15 is 0 Å². The molecular weight excluding hydrogens is 739 g/mol. The zero-order chi connectivity index (χ0) is 39.8. The number of fused-ring (bicyclic) bond motifs is 2. The topological polar surface area (TPSA) is 151 Å². The molecule has 1 aliphatic carbocycles. The zero-order valence-corrected chi connectivity index (χ0v) is 33.6. The summed E-state index contributed by atoms with van der Waals surface area (Å²) in [6.45, 7) is 6.75. The van der Waals surface area contributed by atoms with Crippen LogP contribution in [-0.2, 0) is 15.2 Å². The number of aliphatic hydroxyl groups excluding tert-OH is 1. The average Bonchev–Trinajstić information content (AvgIpc) is 3.73. The van der Waals surface area contributed by atoms with Gasteiger partial charge in [0.25, 0.3) is 5.91 Å². The number of nitrogens with one attached hydrogen (secondary N) is 2. The summed E-state index contributed by atoms with van der Waals surface area (Å²) >= 11 is 1.69. The first kappa shape index (κ1) is 39.0. The molecular formula is C44H51N7O5S. The predicted molar refractivity (Wildman–Crippen MR) is 222 cm³/mol. The number of likely N-dealkylation sites (tertiary alicyclic amines) is 1. The van der Waals surface area contributed by atoms with Gasteiger partial charge in [-0.05, 0) is 120 Å². The molecule has 57 heavy (non-hydrogen) atoms. The molecule has 2 aromatic carbocycles. The number of carbonyl (C=O) groups excluding carboxylic acids is 3. The van der Waals surface area contributed by atoms with Gasteiger partial charge in [-0.2, -0.15) is 0 Å². The molecule has 2 atom stereocenters. The quantitative estimate of drug-likeness (QED) is 0.125. The molecule has 8 rings (SSSR count). The minimum Gasteiger partial charge on any atom is -0.386 e. The van der Waals surface area contributed by atoms with E-state index in [1.54, 1.807) is 59.4 Å². The third kappa shape index (κ3) is 8.27. The number of hydrogen-bond donors (Lipinski definition) is 4. The fourth-order valence-electron chi connectivity index (χ4n) is 8.99. The predicted octanol–water partition coefficient (Wildman–Crippen LogP) is 5.94. The van der Waals surface area contributed by atoms with Gasteiger partial charge in [0, 0.05) is 49.8 Å². The molecule has 13 heteroatoms. The van der Waals surface area contributed by atoms with Crippen LogP contribution in [0.2, 0.25) is 0 Å². The number of carbonyl (C=O) groups is 3. The Bertz CT molecular complexity index is 2210. The highest BCUT2D eigenvalue weighted by Gasteiger charge is 2.43. The molecule has 12 nitrogen and oxygen atoms in total. The number of nitrogens with zero attached hydrogens (tertiary/aromatic N) is 5. The van der Waals surface area contributed by atoms with Crippen LogP contribution < -0.4 is 20.4 Å². The highest BCUT2D eigenvalue weighted by Crippen LogP contribution is 2.44. The molecule has 4 N–H and O–H groups in total. The van der Waals surface area contributed by atoms with E-state index in [1.165, 1.54) is 12.8 Å². The number of pyridine rings is 1.